The van der Waals surface area contributed by atoms with Crippen LogP contribution in [0.25, 0.3) is 0 Å². The minimum Gasteiger partial charge on any atom is -0.464 e. The number of anilines is 1. The largest absolute Gasteiger partial charge is 0.464 e. The smallest absolute Gasteiger partial charge is 0.416 e. The van der Waals surface area contributed by atoms with Crippen molar-refractivity contribution in [1.82, 2.24) is 9.55 Å². The summed E-state index contributed by atoms with van der Waals surface area (Å²) in [7, 11) is 0. The molecule has 0 saturated heterocycles. The molecule has 6 heteroatoms. The van der Waals surface area contributed by atoms with Gasteiger partial charge in [-0.25, -0.2) is 14.3 Å². The molecule has 1 aliphatic rings. The first-order valence-corrected chi connectivity index (χ1v) is 8.16. The highest BCUT2D eigenvalue weighted by molar-refractivity contribution is 5.68. The maximum Gasteiger partial charge on any atom is 0.416 e. The van der Waals surface area contributed by atoms with Crippen molar-refractivity contribution in [3.05, 3.63) is 48.0 Å². The molecule has 0 unspecified atom stereocenters. The fourth-order valence-corrected chi connectivity index (χ4v) is 2.97. The van der Waals surface area contributed by atoms with Gasteiger partial charge in [0, 0.05) is 24.5 Å². The van der Waals surface area contributed by atoms with E-state index in [2.05, 4.69) is 28.5 Å². The van der Waals surface area contributed by atoms with E-state index in [-0.39, 0.29) is 5.54 Å². The topological polar surface area (TPSA) is 90.9 Å². The zero-order chi connectivity index (χ0) is 17.0. The van der Waals surface area contributed by atoms with Crippen molar-refractivity contribution >= 4 is 11.8 Å². The molecule has 1 aromatic heterocycles. The van der Waals surface area contributed by atoms with Crippen LogP contribution in [0.5, 0.6) is 0 Å². The van der Waals surface area contributed by atoms with E-state index in [1.807, 2.05) is 12.1 Å². The van der Waals surface area contributed by atoms with E-state index in [1.165, 1.54) is 18.0 Å². The fraction of sp³-hybridized carbons (Fsp3) is 0.389. The molecule has 0 bridgehead atoms. The summed E-state index contributed by atoms with van der Waals surface area (Å²) < 4.78 is 1.16. The number of rotatable bonds is 6. The van der Waals surface area contributed by atoms with Crippen molar-refractivity contribution in [3.63, 3.8) is 0 Å². The first-order chi connectivity index (χ1) is 11.6. The van der Waals surface area contributed by atoms with Crippen LogP contribution < -0.4 is 5.32 Å². The van der Waals surface area contributed by atoms with Crippen LogP contribution in [0.15, 0.2) is 36.7 Å². The minimum absolute atomic E-state index is 0.380. The summed E-state index contributed by atoms with van der Waals surface area (Å²) in [5.74, 6) is 0.571. The van der Waals surface area contributed by atoms with Gasteiger partial charge in [-0.05, 0) is 49.8 Å². The standard InChI is InChI=1S/C18H20N4O2/c19-13-18(9-2-10-18)21-15-7-5-14(6-8-15)3-1-4-16-20-11-12-22(16)17(23)24/h5-8,11-12,21H,1-4,9-10H2,(H,23,24). The van der Waals surface area contributed by atoms with E-state index in [1.54, 1.807) is 0 Å². The van der Waals surface area contributed by atoms with Gasteiger partial charge in [-0.1, -0.05) is 12.1 Å². The molecule has 124 valence electrons. The maximum absolute atomic E-state index is 11.0. The molecule has 1 aliphatic carbocycles. The Morgan fingerprint density at radius 2 is 2.08 bits per heavy atom. The Morgan fingerprint density at radius 3 is 2.67 bits per heavy atom. The van der Waals surface area contributed by atoms with Crippen LogP contribution in [0, 0.1) is 11.3 Å². The van der Waals surface area contributed by atoms with E-state index in [0.29, 0.717) is 12.2 Å². The van der Waals surface area contributed by atoms with Crippen molar-refractivity contribution in [3.8, 4) is 6.07 Å². The molecule has 2 N–H and O–H groups in total. The number of nitrogens with zero attached hydrogens (tertiary/aromatic N) is 3. The van der Waals surface area contributed by atoms with Crippen LogP contribution in [0.1, 0.15) is 37.1 Å². The van der Waals surface area contributed by atoms with Crippen molar-refractivity contribution in [1.29, 1.82) is 5.26 Å². The van der Waals surface area contributed by atoms with Gasteiger partial charge >= 0.3 is 6.09 Å². The number of nitriles is 1. The summed E-state index contributed by atoms with van der Waals surface area (Å²) >= 11 is 0. The molecule has 24 heavy (non-hydrogen) atoms. The highest BCUT2D eigenvalue weighted by Crippen LogP contribution is 2.34. The third-order valence-electron chi connectivity index (χ3n) is 4.55. The minimum atomic E-state index is -1.000. The highest BCUT2D eigenvalue weighted by Gasteiger charge is 2.36. The van der Waals surface area contributed by atoms with Crippen LogP contribution in [0.2, 0.25) is 0 Å². The molecular weight excluding hydrogens is 304 g/mol. The average molecular weight is 324 g/mol. The lowest BCUT2D eigenvalue weighted by molar-refractivity contribution is 0.195. The maximum atomic E-state index is 11.0. The lowest BCUT2D eigenvalue weighted by Crippen LogP contribution is -2.43. The molecule has 1 heterocycles. The van der Waals surface area contributed by atoms with Crippen LogP contribution in [-0.4, -0.2) is 26.3 Å². The Balaban J connectivity index is 1.52. The van der Waals surface area contributed by atoms with Crippen molar-refractivity contribution in [2.24, 2.45) is 0 Å². The Labute approximate surface area is 140 Å². The van der Waals surface area contributed by atoms with Gasteiger partial charge in [0.1, 0.15) is 11.4 Å². The first-order valence-electron chi connectivity index (χ1n) is 8.16. The predicted octanol–water partition coefficient (Wildman–Crippen LogP) is 3.44. The zero-order valence-corrected chi connectivity index (χ0v) is 13.4. The molecular formula is C18H20N4O2. The van der Waals surface area contributed by atoms with E-state index >= 15 is 0 Å². The third-order valence-corrected chi connectivity index (χ3v) is 4.55. The summed E-state index contributed by atoms with van der Waals surface area (Å²) in [6.07, 6.45) is 7.19. The van der Waals surface area contributed by atoms with E-state index in [0.717, 1.165) is 42.4 Å². The van der Waals surface area contributed by atoms with Crippen LogP contribution >= 0.6 is 0 Å². The Hall–Kier alpha value is -2.81. The Morgan fingerprint density at radius 1 is 1.33 bits per heavy atom. The number of carboxylic acid groups (broad SMARTS) is 1. The van der Waals surface area contributed by atoms with E-state index in [4.69, 9.17) is 5.11 Å². The Kier molecular flexibility index (Phi) is 4.52. The van der Waals surface area contributed by atoms with Crippen LogP contribution in [0.4, 0.5) is 10.5 Å². The SMILES string of the molecule is N#CC1(Nc2ccc(CCCc3nccn3C(=O)O)cc2)CCC1. The van der Waals surface area contributed by atoms with Gasteiger partial charge in [-0.2, -0.15) is 5.26 Å². The van der Waals surface area contributed by atoms with Crippen molar-refractivity contribution < 1.29 is 9.90 Å². The van der Waals surface area contributed by atoms with Gasteiger partial charge in [-0.3, -0.25) is 0 Å². The molecule has 0 aliphatic heterocycles. The zero-order valence-electron chi connectivity index (χ0n) is 13.4. The molecule has 0 amide bonds. The monoisotopic (exact) mass is 324 g/mol. The van der Waals surface area contributed by atoms with Crippen LogP contribution in [0.3, 0.4) is 0 Å². The van der Waals surface area contributed by atoms with E-state index < -0.39 is 6.09 Å². The normalized spacial score (nSPS) is 15.3. The lowest BCUT2D eigenvalue weighted by Gasteiger charge is -2.36. The second-order valence-corrected chi connectivity index (χ2v) is 6.22. The van der Waals surface area contributed by atoms with Gasteiger partial charge in [-0.15, -0.1) is 0 Å². The van der Waals surface area contributed by atoms with Gasteiger partial charge < -0.3 is 10.4 Å². The summed E-state index contributed by atoms with van der Waals surface area (Å²) in [5.41, 5.74) is 1.78. The quantitative estimate of drug-likeness (QED) is 0.849. The van der Waals surface area contributed by atoms with Crippen LogP contribution in [-0.2, 0) is 12.8 Å². The molecule has 0 atom stereocenters. The molecule has 1 aromatic carbocycles. The molecule has 0 radical (unpaired) electrons. The summed E-state index contributed by atoms with van der Waals surface area (Å²) in [6.45, 7) is 0. The molecule has 1 saturated carbocycles. The summed E-state index contributed by atoms with van der Waals surface area (Å²) in [6, 6.07) is 10.5. The molecule has 6 nitrogen and oxygen atoms in total. The highest BCUT2D eigenvalue weighted by atomic mass is 16.4. The number of imidazole rings is 1. The van der Waals surface area contributed by atoms with Gasteiger partial charge in [0.2, 0.25) is 0 Å². The summed E-state index contributed by atoms with van der Waals surface area (Å²) in [5, 5.41) is 21.6. The average Bonchev–Trinajstić information content (AvgIpc) is 3.01. The first kappa shape index (κ1) is 16.1. The molecule has 1 fully saturated rings. The van der Waals surface area contributed by atoms with E-state index in [9.17, 15) is 10.1 Å². The lowest BCUT2D eigenvalue weighted by atomic mass is 9.78. The second kappa shape index (κ2) is 6.75. The number of hydrogen-bond donors (Lipinski definition) is 2. The fourth-order valence-electron chi connectivity index (χ4n) is 2.97. The third kappa shape index (κ3) is 3.40. The molecule has 2 aromatic rings. The van der Waals surface area contributed by atoms with Gasteiger partial charge in [0.25, 0.3) is 0 Å². The molecule has 3 rings (SSSR count). The second-order valence-electron chi connectivity index (χ2n) is 6.22. The van der Waals surface area contributed by atoms with Gasteiger partial charge in [0.15, 0.2) is 0 Å². The number of nitrogens with one attached hydrogen (secondary N) is 1. The number of aryl methyl sites for hydroxylation is 2. The number of carbonyl (C=O) groups is 1. The number of aromatic nitrogens is 2. The predicted molar refractivity (Wildman–Crippen MR) is 89.9 cm³/mol. The summed E-state index contributed by atoms with van der Waals surface area (Å²) in [4.78, 5) is 15.1. The van der Waals surface area contributed by atoms with Crippen molar-refractivity contribution in [2.45, 2.75) is 44.1 Å². The van der Waals surface area contributed by atoms with Gasteiger partial charge in [0.05, 0.1) is 6.07 Å². The van der Waals surface area contributed by atoms with Crippen molar-refractivity contribution in [2.75, 3.05) is 5.32 Å². The Bertz CT molecular complexity index is 754. The number of benzene rings is 1. The number of hydrogen-bond acceptors (Lipinski definition) is 4. The molecule has 0 spiro atoms.